The van der Waals surface area contributed by atoms with Crippen LogP contribution in [0, 0.1) is 18.3 Å². The molecule has 27 heavy (non-hydrogen) atoms. The molecule has 0 amide bonds. The predicted molar refractivity (Wildman–Crippen MR) is 118 cm³/mol. The smallest absolute Gasteiger partial charge is 0.191 e. The first-order valence-corrected chi connectivity index (χ1v) is 9.79. The van der Waals surface area contributed by atoms with E-state index in [-0.39, 0.29) is 24.0 Å². The lowest BCUT2D eigenvalue weighted by Gasteiger charge is -2.63. The Morgan fingerprint density at radius 2 is 2.11 bits per heavy atom. The molecule has 3 unspecified atom stereocenters. The number of rotatable bonds is 3. The van der Waals surface area contributed by atoms with Crippen LogP contribution in [0.3, 0.4) is 0 Å². The van der Waals surface area contributed by atoms with Gasteiger partial charge in [0.2, 0.25) is 0 Å². The maximum Gasteiger partial charge on any atom is 0.191 e. The summed E-state index contributed by atoms with van der Waals surface area (Å²) in [5.41, 5.74) is 2.50. The lowest BCUT2D eigenvalue weighted by Crippen LogP contribution is -2.72. The molecule has 5 nitrogen and oxygen atoms in total. The van der Waals surface area contributed by atoms with Gasteiger partial charge >= 0.3 is 0 Å². The Bertz CT molecular complexity index is 858. The van der Waals surface area contributed by atoms with Crippen molar-refractivity contribution in [1.82, 2.24) is 10.6 Å². The molecule has 2 aromatic rings. The summed E-state index contributed by atoms with van der Waals surface area (Å²) in [7, 11) is 1.84. The summed E-state index contributed by atoms with van der Waals surface area (Å²) in [5, 5.41) is 8.35. The minimum Gasteiger partial charge on any atom is -0.459 e. The van der Waals surface area contributed by atoms with Crippen LogP contribution in [0.1, 0.15) is 37.0 Å². The largest absolute Gasteiger partial charge is 0.459 e. The van der Waals surface area contributed by atoms with Crippen molar-refractivity contribution in [2.75, 3.05) is 13.7 Å². The number of aryl methyl sites for hydroxylation is 1. The van der Waals surface area contributed by atoms with Gasteiger partial charge in [-0.05, 0) is 32.3 Å². The second-order valence-corrected chi connectivity index (χ2v) is 8.02. The lowest BCUT2D eigenvalue weighted by molar-refractivity contribution is -0.171. The van der Waals surface area contributed by atoms with Gasteiger partial charge in [-0.3, -0.25) is 4.99 Å². The van der Waals surface area contributed by atoms with Crippen LogP contribution >= 0.6 is 24.0 Å². The van der Waals surface area contributed by atoms with E-state index in [1.54, 1.807) is 0 Å². The molecule has 2 saturated carbocycles. The van der Waals surface area contributed by atoms with Crippen LogP contribution in [-0.4, -0.2) is 31.8 Å². The third-order valence-electron chi connectivity index (χ3n) is 6.91. The fourth-order valence-electron chi connectivity index (χ4n) is 5.36. The summed E-state index contributed by atoms with van der Waals surface area (Å²) < 4.78 is 12.0. The van der Waals surface area contributed by atoms with E-state index in [4.69, 9.17) is 9.15 Å². The summed E-state index contributed by atoms with van der Waals surface area (Å²) in [6.45, 7) is 3.68. The maximum absolute atomic E-state index is 6.02. The summed E-state index contributed by atoms with van der Waals surface area (Å²) in [5.74, 6) is 2.48. The average molecular weight is 481 g/mol. The molecule has 0 bridgehead atoms. The topological polar surface area (TPSA) is 58.8 Å². The molecule has 1 saturated heterocycles. The highest BCUT2D eigenvalue weighted by Gasteiger charge is 2.66. The predicted octanol–water partition coefficient (Wildman–Crippen LogP) is 3.98. The molecule has 1 aromatic heterocycles. The normalized spacial score (nSPS) is 28.2. The SMILES string of the molecule is CN=C(NCc1oc2ccccc2c1C)NC1C2CCOC2C12CCC2.I. The van der Waals surface area contributed by atoms with Gasteiger partial charge in [-0.1, -0.05) is 24.6 Å². The van der Waals surface area contributed by atoms with Crippen LogP contribution in [0.5, 0.6) is 0 Å². The van der Waals surface area contributed by atoms with Crippen molar-refractivity contribution < 1.29 is 9.15 Å². The third kappa shape index (κ3) is 2.87. The second-order valence-electron chi connectivity index (χ2n) is 8.02. The number of para-hydroxylation sites is 1. The maximum atomic E-state index is 6.02. The molecule has 3 atom stereocenters. The van der Waals surface area contributed by atoms with E-state index in [1.807, 2.05) is 19.2 Å². The molecular weight excluding hydrogens is 453 g/mol. The Morgan fingerprint density at radius 1 is 1.30 bits per heavy atom. The van der Waals surface area contributed by atoms with Crippen LogP contribution in [0.15, 0.2) is 33.7 Å². The van der Waals surface area contributed by atoms with Crippen LogP contribution < -0.4 is 10.6 Å². The standard InChI is InChI=1S/C21H27N3O2.HI/c1-13-14-6-3-4-7-16(14)26-17(13)12-23-20(22-2)24-18-15-8-11-25-19(15)21(18)9-5-10-21;/h3-4,6-7,15,18-19H,5,8-12H2,1-2H3,(H2,22,23,24);1H. The van der Waals surface area contributed by atoms with Crippen molar-refractivity contribution in [3.63, 3.8) is 0 Å². The summed E-state index contributed by atoms with van der Waals surface area (Å²) >= 11 is 0. The van der Waals surface area contributed by atoms with Gasteiger partial charge in [-0.15, -0.1) is 24.0 Å². The van der Waals surface area contributed by atoms with Crippen molar-refractivity contribution in [1.29, 1.82) is 0 Å². The first-order chi connectivity index (χ1) is 12.7. The molecule has 5 rings (SSSR count). The van der Waals surface area contributed by atoms with E-state index in [2.05, 4.69) is 34.7 Å². The molecule has 3 fully saturated rings. The fraction of sp³-hybridized carbons (Fsp3) is 0.571. The van der Waals surface area contributed by atoms with Crippen LogP contribution in [0.2, 0.25) is 0 Å². The summed E-state index contributed by atoms with van der Waals surface area (Å²) in [6, 6.07) is 8.69. The van der Waals surface area contributed by atoms with Crippen molar-refractivity contribution in [2.45, 2.75) is 51.3 Å². The number of aliphatic imine (C=N–C) groups is 1. The van der Waals surface area contributed by atoms with E-state index < -0.39 is 0 Å². The monoisotopic (exact) mass is 481 g/mol. The van der Waals surface area contributed by atoms with Gasteiger partial charge in [0.25, 0.3) is 0 Å². The number of halogens is 1. The Balaban J connectivity index is 0.00000180. The van der Waals surface area contributed by atoms with Crippen LogP contribution in [0.25, 0.3) is 11.0 Å². The first-order valence-electron chi connectivity index (χ1n) is 9.79. The van der Waals surface area contributed by atoms with Crippen molar-refractivity contribution in [3.8, 4) is 0 Å². The van der Waals surface area contributed by atoms with Gasteiger partial charge in [-0.25, -0.2) is 0 Å². The highest BCUT2D eigenvalue weighted by molar-refractivity contribution is 14.0. The van der Waals surface area contributed by atoms with Gasteiger partial charge in [0.1, 0.15) is 11.3 Å². The first kappa shape index (κ1) is 19.1. The second kappa shape index (κ2) is 7.28. The van der Waals surface area contributed by atoms with Crippen molar-refractivity contribution >= 4 is 40.9 Å². The molecule has 1 spiro atoms. The zero-order valence-corrected chi connectivity index (χ0v) is 18.3. The molecule has 2 N–H and O–H groups in total. The number of hydrogen-bond donors (Lipinski definition) is 2. The lowest BCUT2D eigenvalue weighted by atomic mass is 9.46. The van der Waals surface area contributed by atoms with Crippen LogP contribution in [-0.2, 0) is 11.3 Å². The van der Waals surface area contributed by atoms with Crippen molar-refractivity contribution in [2.24, 2.45) is 16.3 Å². The Morgan fingerprint density at radius 3 is 2.81 bits per heavy atom. The number of nitrogens with zero attached hydrogens (tertiary/aromatic N) is 1. The molecule has 1 aliphatic heterocycles. The quantitative estimate of drug-likeness (QED) is 0.396. The average Bonchev–Trinajstić information content (AvgIpc) is 3.17. The number of fused-ring (bicyclic) bond motifs is 3. The molecule has 3 aliphatic rings. The molecule has 2 aliphatic carbocycles. The molecular formula is C21H28IN3O2. The Hall–Kier alpha value is -1.28. The number of nitrogens with one attached hydrogen (secondary N) is 2. The number of hydrogen-bond acceptors (Lipinski definition) is 3. The number of guanidine groups is 1. The highest BCUT2D eigenvalue weighted by atomic mass is 127. The van der Waals surface area contributed by atoms with Crippen molar-refractivity contribution in [3.05, 3.63) is 35.6 Å². The number of furan rings is 1. The summed E-state index contributed by atoms with van der Waals surface area (Å²) in [6.07, 6.45) is 5.54. The molecule has 2 heterocycles. The minimum absolute atomic E-state index is 0. The van der Waals surface area contributed by atoms with E-state index in [1.165, 1.54) is 36.6 Å². The zero-order chi connectivity index (χ0) is 17.7. The van der Waals surface area contributed by atoms with E-state index in [9.17, 15) is 0 Å². The Kier molecular flexibility index (Phi) is 5.14. The minimum atomic E-state index is 0. The third-order valence-corrected chi connectivity index (χ3v) is 6.91. The molecule has 6 heteroatoms. The van der Waals surface area contributed by atoms with E-state index in [0.29, 0.717) is 30.0 Å². The van der Waals surface area contributed by atoms with Crippen LogP contribution in [0.4, 0.5) is 0 Å². The van der Waals surface area contributed by atoms with E-state index >= 15 is 0 Å². The van der Waals surface area contributed by atoms with Gasteiger partial charge < -0.3 is 19.8 Å². The molecule has 146 valence electrons. The zero-order valence-electron chi connectivity index (χ0n) is 16.0. The number of ether oxygens (including phenoxy) is 1. The van der Waals surface area contributed by atoms with Gasteiger partial charge in [0.15, 0.2) is 5.96 Å². The molecule has 0 radical (unpaired) electrons. The Labute approximate surface area is 177 Å². The fourth-order valence-corrected chi connectivity index (χ4v) is 5.36. The summed E-state index contributed by atoms with van der Waals surface area (Å²) in [4.78, 5) is 4.46. The van der Waals surface area contributed by atoms with Gasteiger partial charge in [0, 0.05) is 42.0 Å². The molecule has 1 aromatic carbocycles. The van der Waals surface area contributed by atoms with Gasteiger partial charge in [-0.2, -0.15) is 0 Å². The number of benzene rings is 1. The van der Waals surface area contributed by atoms with E-state index in [0.717, 1.165) is 23.9 Å². The van der Waals surface area contributed by atoms with Gasteiger partial charge in [0.05, 0.1) is 12.6 Å². The highest BCUT2D eigenvalue weighted by Crippen LogP contribution is 2.62.